The van der Waals surface area contributed by atoms with Gasteiger partial charge in [-0.1, -0.05) is 23.5 Å². The molecule has 6 nitrogen and oxygen atoms in total. The standard InChI is InChI=1S/C16H18N2O4S/c1-10-9-23-16(20)18(10)7-14(19)17-12-6-11-4-3-5-13(21-2)15(11)22-8-12/h3-5,9,12H,6-8H2,1-2H3,(H,17,19). The number of ether oxygens (including phenoxy) is 2. The predicted octanol–water partition coefficient (Wildman–Crippen LogP) is 1.35. The van der Waals surface area contributed by atoms with Crippen molar-refractivity contribution in [2.75, 3.05) is 13.7 Å². The summed E-state index contributed by atoms with van der Waals surface area (Å²) in [6.07, 6.45) is 0.676. The summed E-state index contributed by atoms with van der Waals surface area (Å²) in [6.45, 7) is 2.24. The molecule has 23 heavy (non-hydrogen) atoms. The summed E-state index contributed by atoms with van der Waals surface area (Å²) in [4.78, 5) is 23.7. The molecule has 1 aliphatic rings. The van der Waals surface area contributed by atoms with Crippen LogP contribution in [-0.4, -0.2) is 30.2 Å². The molecule has 122 valence electrons. The van der Waals surface area contributed by atoms with Crippen LogP contribution in [-0.2, 0) is 17.8 Å². The Morgan fingerprint density at radius 3 is 3.04 bits per heavy atom. The number of carbonyl (C=O) groups excluding carboxylic acids is 1. The molecule has 1 aromatic carbocycles. The van der Waals surface area contributed by atoms with Crippen LogP contribution in [0.2, 0.25) is 0 Å². The number of aryl methyl sites for hydroxylation is 1. The van der Waals surface area contributed by atoms with Gasteiger partial charge in [0.1, 0.15) is 13.2 Å². The molecule has 1 unspecified atom stereocenters. The fraction of sp³-hybridized carbons (Fsp3) is 0.375. The van der Waals surface area contributed by atoms with E-state index < -0.39 is 0 Å². The van der Waals surface area contributed by atoms with E-state index >= 15 is 0 Å². The van der Waals surface area contributed by atoms with Crippen molar-refractivity contribution in [3.05, 3.63) is 44.5 Å². The van der Waals surface area contributed by atoms with Crippen LogP contribution < -0.4 is 19.7 Å². The molecule has 0 spiro atoms. The molecule has 7 heteroatoms. The lowest BCUT2D eigenvalue weighted by Crippen LogP contribution is -2.44. The van der Waals surface area contributed by atoms with Gasteiger partial charge in [0, 0.05) is 16.6 Å². The molecule has 0 bridgehead atoms. The number of hydrogen-bond donors (Lipinski definition) is 1. The summed E-state index contributed by atoms with van der Waals surface area (Å²) in [5, 5.41) is 4.68. The number of carbonyl (C=O) groups is 1. The molecule has 1 aromatic heterocycles. The number of nitrogens with one attached hydrogen (secondary N) is 1. The fourth-order valence-electron chi connectivity index (χ4n) is 2.66. The summed E-state index contributed by atoms with van der Waals surface area (Å²) in [6, 6.07) is 5.60. The number of aromatic nitrogens is 1. The third kappa shape index (κ3) is 3.24. The summed E-state index contributed by atoms with van der Waals surface area (Å²) in [5.41, 5.74) is 1.80. The van der Waals surface area contributed by atoms with Gasteiger partial charge >= 0.3 is 4.87 Å². The van der Waals surface area contributed by atoms with E-state index in [1.165, 1.54) is 4.57 Å². The van der Waals surface area contributed by atoms with Crippen LogP contribution in [0.1, 0.15) is 11.3 Å². The Bertz CT molecular complexity index is 781. The van der Waals surface area contributed by atoms with E-state index in [0.717, 1.165) is 28.3 Å². The van der Waals surface area contributed by atoms with Crippen LogP contribution in [0.15, 0.2) is 28.4 Å². The molecule has 1 amide bonds. The number of thiazole rings is 1. The molecule has 1 N–H and O–H groups in total. The van der Waals surface area contributed by atoms with Crippen LogP contribution in [0.4, 0.5) is 0 Å². The Balaban J connectivity index is 1.66. The number of benzene rings is 1. The Morgan fingerprint density at radius 1 is 1.52 bits per heavy atom. The van der Waals surface area contributed by atoms with E-state index in [9.17, 15) is 9.59 Å². The number of amides is 1. The van der Waals surface area contributed by atoms with Gasteiger partial charge in [-0.2, -0.15) is 0 Å². The molecule has 0 aliphatic carbocycles. The van der Waals surface area contributed by atoms with Crippen LogP contribution in [0.25, 0.3) is 0 Å². The lowest BCUT2D eigenvalue weighted by molar-refractivity contribution is -0.122. The first kappa shape index (κ1) is 15.6. The van der Waals surface area contributed by atoms with E-state index in [-0.39, 0.29) is 23.4 Å². The summed E-state index contributed by atoms with van der Waals surface area (Å²) in [7, 11) is 1.60. The Labute approximate surface area is 137 Å². The second-order valence-electron chi connectivity index (χ2n) is 5.46. The van der Waals surface area contributed by atoms with Crippen LogP contribution in [0, 0.1) is 6.92 Å². The SMILES string of the molecule is COc1cccc2c1OCC(NC(=O)Cn1c(C)csc1=O)C2. The van der Waals surface area contributed by atoms with E-state index in [1.54, 1.807) is 12.5 Å². The van der Waals surface area contributed by atoms with Crippen molar-refractivity contribution in [2.24, 2.45) is 0 Å². The van der Waals surface area contributed by atoms with E-state index in [0.29, 0.717) is 18.8 Å². The van der Waals surface area contributed by atoms with Gasteiger partial charge < -0.3 is 14.8 Å². The fourth-order valence-corrected chi connectivity index (χ4v) is 3.40. The van der Waals surface area contributed by atoms with Crippen molar-refractivity contribution < 1.29 is 14.3 Å². The highest BCUT2D eigenvalue weighted by Gasteiger charge is 2.24. The van der Waals surface area contributed by atoms with Gasteiger partial charge in [0.15, 0.2) is 11.5 Å². The van der Waals surface area contributed by atoms with Crippen LogP contribution in [0.3, 0.4) is 0 Å². The van der Waals surface area contributed by atoms with Crippen molar-refractivity contribution in [1.29, 1.82) is 0 Å². The second-order valence-corrected chi connectivity index (χ2v) is 6.28. The normalized spacial score (nSPS) is 16.3. The van der Waals surface area contributed by atoms with Crippen molar-refractivity contribution in [1.82, 2.24) is 9.88 Å². The third-order valence-corrected chi connectivity index (χ3v) is 4.70. The van der Waals surface area contributed by atoms with Gasteiger partial charge in [-0.25, -0.2) is 0 Å². The minimum Gasteiger partial charge on any atom is -0.493 e. The number of para-hydroxylation sites is 1. The molecule has 3 rings (SSSR count). The first-order valence-electron chi connectivity index (χ1n) is 7.31. The maximum absolute atomic E-state index is 12.2. The van der Waals surface area contributed by atoms with Gasteiger partial charge in [-0.3, -0.25) is 14.2 Å². The van der Waals surface area contributed by atoms with Crippen molar-refractivity contribution in [3.8, 4) is 11.5 Å². The topological polar surface area (TPSA) is 69.6 Å². The maximum Gasteiger partial charge on any atom is 0.307 e. The van der Waals surface area contributed by atoms with Gasteiger partial charge in [0.05, 0.1) is 13.2 Å². The van der Waals surface area contributed by atoms with Gasteiger partial charge in [0.2, 0.25) is 5.91 Å². The molecule has 0 saturated heterocycles. The first-order valence-corrected chi connectivity index (χ1v) is 8.19. The number of fused-ring (bicyclic) bond motifs is 1. The molecule has 1 atom stereocenters. The molecule has 0 fully saturated rings. The average Bonchev–Trinajstić information content (AvgIpc) is 2.86. The average molecular weight is 334 g/mol. The zero-order chi connectivity index (χ0) is 16.4. The van der Waals surface area contributed by atoms with E-state index in [2.05, 4.69) is 5.32 Å². The highest BCUT2D eigenvalue weighted by Crippen LogP contribution is 2.34. The molecule has 1 aliphatic heterocycles. The highest BCUT2D eigenvalue weighted by molar-refractivity contribution is 7.07. The second kappa shape index (κ2) is 6.45. The smallest absolute Gasteiger partial charge is 0.307 e. The maximum atomic E-state index is 12.2. The van der Waals surface area contributed by atoms with Crippen LogP contribution >= 0.6 is 11.3 Å². The minimum atomic E-state index is -0.187. The van der Waals surface area contributed by atoms with Crippen molar-refractivity contribution >= 4 is 17.2 Å². The van der Waals surface area contributed by atoms with Gasteiger partial charge in [-0.05, 0) is 19.4 Å². The number of nitrogens with zero attached hydrogens (tertiary/aromatic N) is 1. The number of hydrogen-bond acceptors (Lipinski definition) is 5. The molecule has 2 heterocycles. The van der Waals surface area contributed by atoms with Gasteiger partial charge in [-0.15, -0.1) is 0 Å². The molecule has 0 saturated carbocycles. The Hall–Kier alpha value is -2.28. The molecule has 2 aromatic rings. The number of methoxy groups -OCH3 is 1. The predicted molar refractivity (Wildman–Crippen MR) is 87.4 cm³/mol. The monoisotopic (exact) mass is 334 g/mol. The van der Waals surface area contributed by atoms with Crippen LogP contribution in [0.5, 0.6) is 11.5 Å². The lowest BCUT2D eigenvalue weighted by Gasteiger charge is -2.27. The van der Waals surface area contributed by atoms with E-state index in [1.807, 2.05) is 25.1 Å². The summed E-state index contributed by atoms with van der Waals surface area (Å²) >= 11 is 1.10. The molecule has 0 radical (unpaired) electrons. The van der Waals surface area contributed by atoms with Crippen molar-refractivity contribution in [2.45, 2.75) is 25.9 Å². The summed E-state index contributed by atoms with van der Waals surface area (Å²) < 4.78 is 12.5. The largest absolute Gasteiger partial charge is 0.493 e. The summed E-state index contributed by atoms with van der Waals surface area (Å²) in [5.74, 6) is 1.26. The highest BCUT2D eigenvalue weighted by atomic mass is 32.1. The lowest BCUT2D eigenvalue weighted by atomic mass is 10.0. The van der Waals surface area contributed by atoms with Crippen molar-refractivity contribution in [3.63, 3.8) is 0 Å². The minimum absolute atomic E-state index is 0.0373. The quantitative estimate of drug-likeness (QED) is 0.916. The first-order chi connectivity index (χ1) is 11.1. The number of rotatable bonds is 4. The van der Waals surface area contributed by atoms with Gasteiger partial charge in [0.25, 0.3) is 0 Å². The Kier molecular flexibility index (Phi) is 4.38. The van der Waals surface area contributed by atoms with E-state index in [4.69, 9.17) is 9.47 Å². The third-order valence-electron chi connectivity index (χ3n) is 3.82. The molecular formula is C16H18N2O4S. The zero-order valence-corrected chi connectivity index (χ0v) is 13.8. The Morgan fingerprint density at radius 2 is 2.35 bits per heavy atom. The zero-order valence-electron chi connectivity index (χ0n) is 13.0. The molecular weight excluding hydrogens is 316 g/mol.